The molecule has 0 aliphatic carbocycles. The molecule has 0 unspecified atom stereocenters. The van der Waals surface area contributed by atoms with Gasteiger partial charge in [-0.15, -0.1) is 11.3 Å². The van der Waals surface area contributed by atoms with Crippen LogP contribution >= 0.6 is 34.5 Å². The highest BCUT2D eigenvalue weighted by Gasteiger charge is 2.15. The Morgan fingerprint density at radius 3 is 2.67 bits per heavy atom. The molecule has 0 radical (unpaired) electrons. The number of halogens is 2. The summed E-state index contributed by atoms with van der Waals surface area (Å²) in [5.74, 6) is -0.0183. The Hall–Kier alpha value is -0.130. The van der Waals surface area contributed by atoms with Crippen LogP contribution in [0.15, 0.2) is 6.07 Å². The zero-order valence-electron chi connectivity index (χ0n) is 10.7. The van der Waals surface area contributed by atoms with Crippen molar-refractivity contribution < 1.29 is 9.53 Å². The van der Waals surface area contributed by atoms with Gasteiger partial charge in [0.2, 0.25) is 0 Å². The number of carbonyl (C=O) groups excluding carboxylic acids is 1. The number of hydrogen-bond acceptors (Lipinski definition) is 4. The van der Waals surface area contributed by atoms with Crippen molar-refractivity contribution in [2.75, 3.05) is 26.7 Å². The monoisotopic (exact) mass is 309 g/mol. The smallest absolute Gasteiger partial charge is 0.179 e. The molecule has 0 atom stereocenters. The highest BCUT2D eigenvalue weighted by atomic mass is 35.5. The molecule has 3 nitrogen and oxygen atoms in total. The number of hydrogen-bond donors (Lipinski definition) is 0. The van der Waals surface area contributed by atoms with Crippen molar-refractivity contribution in [3.05, 3.63) is 20.3 Å². The molecule has 1 aromatic heterocycles. The first-order valence-electron chi connectivity index (χ1n) is 5.68. The maximum Gasteiger partial charge on any atom is 0.179 e. The van der Waals surface area contributed by atoms with E-state index in [-0.39, 0.29) is 11.9 Å². The molecule has 6 heteroatoms. The summed E-state index contributed by atoms with van der Waals surface area (Å²) in [6.07, 6.45) is 0.208. The van der Waals surface area contributed by atoms with Crippen LogP contribution in [0.3, 0.4) is 0 Å². The van der Waals surface area contributed by atoms with Crippen molar-refractivity contribution in [2.24, 2.45) is 0 Å². The standard InChI is InChI=1S/C12H17Cl2NO2S/c1-8(2)17-5-4-15(3)7-10(16)9-6-11(13)18-12(9)14/h6,8H,4-5,7H2,1-3H3. The van der Waals surface area contributed by atoms with Gasteiger partial charge in [0.1, 0.15) is 4.34 Å². The molecule has 0 fully saturated rings. The number of ketones is 1. The lowest BCUT2D eigenvalue weighted by molar-refractivity contribution is 0.0620. The third kappa shape index (κ3) is 5.24. The molecule has 0 saturated heterocycles. The van der Waals surface area contributed by atoms with E-state index in [2.05, 4.69) is 0 Å². The number of rotatable bonds is 7. The predicted octanol–water partition coefficient (Wildman–Crippen LogP) is 3.59. The number of thiophene rings is 1. The van der Waals surface area contributed by atoms with Crippen LogP contribution < -0.4 is 0 Å². The van der Waals surface area contributed by atoms with Crippen LogP contribution in [0.5, 0.6) is 0 Å². The van der Waals surface area contributed by atoms with Gasteiger partial charge in [-0.25, -0.2) is 0 Å². The molecule has 0 aliphatic heterocycles. The van der Waals surface area contributed by atoms with Gasteiger partial charge in [0.15, 0.2) is 5.78 Å². The summed E-state index contributed by atoms with van der Waals surface area (Å²) >= 11 is 13.0. The zero-order valence-corrected chi connectivity index (χ0v) is 13.0. The average molecular weight is 310 g/mol. The number of Topliss-reactive ketones (excluding diaryl/α,β-unsaturated/α-hetero) is 1. The molecule has 1 rings (SSSR count). The van der Waals surface area contributed by atoms with Gasteiger partial charge >= 0.3 is 0 Å². The van der Waals surface area contributed by atoms with Crippen LogP contribution in [0.25, 0.3) is 0 Å². The Labute approximate surface area is 122 Å². The second-order valence-electron chi connectivity index (χ2n) is 4.32. The van der Waals surface area contributed by atoms with Crippen LogP contribution in [-0.4, -0.2) is 43.5 Å². The minimum Gasteiger partial charge on any atom is -0.377 e. The maximum absolute atomic E-state index is 12.0. The molecule has 1 heterocycles. The van der Waals surface area contributed by atoms with Gasteiger partial charge in [0, 0.05) is 6.54 Å². The molecule has 0 aromatic carbocycles. The third-order valence-corrected chi connectivity index (χ3v) is 3.78. The fraction of sp³-hybridized carbons (Fsp3) is 0.583. The van der Waals surface area contributed by atoms with Gasteiger partial charge in [-0.3, -0.25) is 9.69 Å². The van der Waals surface area contributed by atoms with E-state index in [4.69, 9.17) is 27.9 Å². The largest absolute Gasteiger partial charge is 0.377 e. The van der Waals surface area contributed by atoms with Gasteiger partial charge < -0.3 is 4.74 Å². The molecule has 1 aromatic rings. The molecule has 0 bridgehead atoms. The van der Waals surface area contributed by atoms with E-state index in [0.29, 0.717) is 33.9 Å². The van der Waals surface area contributed by atoms with E-state index < -0.39 is 0 Å². The summed E-state index contributed by atoms with van der Waals surface area (Å²) in [5.41, 5.74) is 0.503. The summed E-state index contributed by atoms with van der Waals surface area (Å²) in [7, 11) is 1.88. The first-order chi connectivity index (χ1) is 8.40. The Balaban J connectivity index is 2.42. The molecule has 0 spiro atoms. The van der Waals surface area contributed by atoms with E-state index >= 15 is 0 Å². The average Bonchev–Trinajstić information content (AvgIpc) is 2.57. The summed E-state index contributed by atoms with van der Waals surface area (Å²) in [5, 5.41) is 0. The van der Waals surface area contributed by atoms with E-state index in [1.54, 1.807) is 6.07 Å². The minimum absolute atomic E-state index is 0.0183. The highest BCUT2D eigenvalue weighted by Crippen LogP contribution is 2.31. The third-order valence-electron chi connectivity index (χ3n) is 2.29. The molecule has 0 aliphatic rings. The number of carbonyl (C=O) groups is 1. The summed E-state index contributed by atoms with van der Waals surface area (Å²) in [6, 6.07) is 1.62. The van der Waals surface area contributed by atoms with Gasteiger partial charge in [-0.2, -0.15) is 0 Å². The zero-order chi connectivity index (χ0) is 13.7. The Morgan fingerprint density at radius 2 is 2.17 bits per heavy atom. The second-order valence-corrected chi connectivity index (χ2v) is 6.60. The normalized spacial score (nSPS) is 11.5. The van der Waals surface area contributed by atoms with E-state index in [9.17, 15) is 4.79 Å². The predicted molar refractivity (Wildman–Crippen MR) is 77.3 cm³/mol. The fourth-order valence-electron chi connectivity index (χ4n) is 1.38. The quantitative estimate of drug-likeness (QED) is 0.721. The van der Waals surface area contributed by atoms with Gasteiger partial charge in [-0.05, 0) is 27.0 Å². The first-order valence-corrected chi connectivity index (χ1v) is 7.25. The van der Waals surface area contributed by atoms with Crippen molar-refractivity contribution in [3.63, 3.8) is 0 Å². The van der Waals surface area contributed by atoms with Gasteiger partial charge in [0.25, 0.3) is 0 Å². The topological polar surface area (TPSA) is 29.5 Å². The molecule has 0 saturated carbocycles. The summed E-state index contributed by atoms with van der Waals surface area (Å²) in [6.45, 7) is 5.60. The van der Waals surface area contributed by atoms with Crippen molar-refractivity contribution >= 4 is 40.3 Å². The SMILES string of the molecule is CC(C)OCCN(C)CC(=O)c1cc(Cl)sc1Cl. The van der Waals surface area contributed by atoms with Gasteiger partial charge in [0.05, 0.1) is 29.2 Å². The van der Waals surface area contributed by atoms with Crippen LogP contribution in [0, 0.1) is 0 Å². The molecule has 0 amide bonds. The van der Waals surface area contributed by atoms with Crippen LogP contribution in [-0.2, 0) is 4.74 Å². The summed E-state index contributed by atoms with van der Waals surface area (Å²) < 4.78 is 6.42. The Morgan fingerprint density at radius 1 is 1.50 bits per heavy atom. The lowest BCUT2D eigenvalue weighted by Crippen LogP contribution is -2.29. The minimum atomic E-state index is -0.0183. The van der Waals surface area contributed by atoms with Crippen molar-refractivity contribution in [1.82, 2.24) is 4.90 Å². The molecular weight excluding hydrogens is 293 g/mol. The molecular formula is C12H17Cl2NO2S. The summed E-state index contributed by atoms with van der Waals surface area (Å²) in [4.78, 5) is 13.9. The number of likely N-dealkylation sites (N-methyl/N-ethyl adjacent to an activating group) is 1. The lowest BCUT2D eigenvalue weighted by Gasteiger charge is -2.16. The van der Waals surface area contributed by atoms with Crippen molar-refractivity contribution in [3.8, 4) is 0 Å². The van der Waals surface area contributed by atoms with E-state index in [1.165, 1.54) is 11.3 Å². The number of nitrogens with zero attached hydrogens (tertiary/aromatic N) is 1. The number of ether oxygens (including phenoxy) is 1. The van der Waals surface area contributed by atoms with Crippen LogP contribution in [0.4, 0.5) is 0 Å². The molecule has 102 valence electrons. The van der Waals surface area contributed by atoms with E-state index in [1.807, 2.05) is 25.8 Å². The maximum atomic E-state index is 12.0. The van der Waals surface area contributed by atoms with Crippen molar-refractivity contribution in [1.29, 1.82) is 0 Å². The fourth-order valence-corrected chi connectivity index (χ4v) is 2.88. The Bertz CT molecular complexity index is 407. The van der Waals surface area contributed by atoms with E-state index in [0.717, 1.165) is 0 Å². The lowest BCUT2D eigenvalue weighted by atomic mass is 10.2. The first kappa shape index (κ1) is 15.9. The van der Waals surface area contributed by atoms with Crippen molar-refractivity contribution in [2.45, 2.75) is 20.0 Å². The second kappa shape index (κ2) is 7.46. The Kier molecular flexibility index (Phi) is 6.60. The highest BCUT2D eigenvalue weighted by molar-refractivity contribution is 7.20. The molecule has 18 heavy (non-hydrogen) atoms. The molecule has 0 N–H and O–H groups in total. The van der Waals surface area contributed by atoms with Crippen LogP contribution in [0.2, 0.25) is 8.67 Å². The van der Waals surface area contributed by atoms with Crippen LogP contribution in [0.1, 0.15) is 24.2 Å². The van der Waals surface area contributed by atoms with Gasteiger partial charge in [-0.1, -0.05) is 23.2 Å².